The minimum absolute atomic E-state index is 0.0797. The van der Waals surface area contributed by atoms with Gasteiger partial charge in [0.25, 0.3) is 5.91 Å². The molecule has 2 atom stereocenters. The molecule has 1 amide bonds. The van der Waals surface area contributed by atoms with Crippen LogP contribution in [-0.4, -0.2) is 35.6 Å². The molecule has 3 nitrogen and oxygen atoms in total. The Morgan fingerprint density at radius 1 is 1.35 bits per heavy atom. The quantitative estimate of drug-likeness (QED) is 0.795. The number of benzene rings is 1. The Labute approximate surface area is 120 Å². The molecule has 2 unspecified atom stereocenters. The molecule has 2 rings (SSSR count). The second kappa shape index (κ2) is 6.58. The van der Waals surface area contributed by atoms with Gasteiger partial charge in [0.05, 0.1) is 0 Å². The van der Waals surface area contributed by atoms with Crippen molar-refractivity contribution in [3.8, 4) is 11.8 Å². The highest BCUT2D eigenvalue weighted by Gasteiger charge is 2.26. The molecule has 1 aliphatic rings. The minimum atomic E-state index is -0.167. The highest BCUT2D eigenvalue weighted by atomic mass is 16.2. The van der Waals surface area contributed by atoms with E-state index in [4.69, 9.17) is 5.11 Å². The zero-order valence-electron chi connectivity index (χ0n) is 12.1. The lowest BCUT2D eigenvalue weighted by Gasteiger charge is -2.35. The first-order valence-electron chi connectivity index (χ1n) is 7.09. The van der Waals surface area contributed by atoms with Crippen LogP contribution in [0.4, 0.5) is 0 Å². The molecule has 20 heavy (non-hydrogen) atoms. The fourth-order valence-electron chi connectivity index (χ4n) is 2.88. The molecule has 0 aromatic heterocycles. The molecule has 1 aromatic carbocycles. The molecule has 0 saturated carbocycles. The lowest BCUT2D eigenvalue weighted by molar-refractivity contribution is 0.0623. The van der Waals surface area contributed by atoms with Crippen molar-refractivity contribution in [3.05, 3.63) is 35.4 Å². The summed E-state index contributed by atoms with van der Waals surface area (Å²) < 4.78 is 0. The summed E-state index contributed by atoms with van der Waals surface area (Å²) in [5.74, 6) is 6.64. The number of likely N-dealkylation sites (tertiary alicyclic amines) is 1. The predicted octanol–water partition coefficient (Wildman–Crippen LogP) is 2.15. The van der Waals surface area contributed by atoms with Gasteiger partial charge in [-0.15, -0.1) is 0 Å². The minimum Gasteiger partial charge on any atom is -0.384 e. The fourth-order valence-corrected chi connectivity index (χ4v) is 2.88. The molecular weight excluding hydrogens is 250 g/mol. The molecule has 1 saturated heterocycles. The number of aliphatic hydroxyl groups is 1. The number of hydrogen-bond donors (Lipinski definition) is 1. The Morgan fingerprint density at radius 2 is 2.05 bits per heavy atom. The van der Waals surface area contributed by atoms with Crippen molar-refractivity contribution in [2.45, 2.75) is 20.3 Å². The Balaban J connectivity index is 2.16. The highest BCUT2D eigenvalue weighted by Crippen LogP contribution is 2.22. The van der Waals surface area contributed by atoms with Crippen molar-refractivity contribution >= 4 is 5.91 Å². The zero-order chi connectivity index (χ0) is 14.5. The van der Waals surface area contributed by atoms with Crippen molar-refractivity contribution in [2.24, 2.45) is 11.8 Å². The average molecular weight is 271 g/mol. The molecule has 0 spiro atoms. The lowest BCUT2D eigenvalue weighted by Crippen LogP contribution is -2.42. The molecule has 3 heteroatoms. The maximum Gasteiger partial charge on any atom is 0.253 e. The Morgan fingerprint density at radius 3 is 2.70 bits per heavy atom. The third kappa shape index (κ3) is 3.61. The maximum atomic E-state index is 12.5. The van der Waals surface area contributed by atoms with Gasteiger partial charge in [0.1, 0.15) is 6.61 Å². The van der Waals surface area contributed by atoms with Crippen LogP contribution in [0.5, 0.6) is 0 Å². The van der Waals surface area contributed by atoms with Crippen LogP contribution in [0.1, 0.15) is 36.2 Å². The molecule has 0 aliphatic carbocycles. The fraction of sp³-hybridized carbons (Fsp3) is 0.471. The van der Waals surface area contributed by atoms with E-state index in [-0.39, 0.29) is 12.5 Å². The molecule has 106 valence electrons. The Hall–Kier alpha value is -1.79. The molecule has 1 N–H and O–H groups in total. The van der Waals surface area contributed by atoms with Gasteiger partial charge in [-0.25, -0.2) is 0 Å². The van der Waals surface area contributed by atoms with Gasteiger partial charge in [-0.3, -0.25) is 4.79 Å². The van der Waals surface area contributed by atoms with Crippen molar-refractivity contribution in [3.63, 3.8) is 0 Å². The molecule has 1 aromatic rings. The van der Waals surface area contributed by atoms with Crippen LogP contribution in [-0.2, 0) is 0 Å². The van der Waals surface area contributed by atoms with Crippen LogP contribution in [0.2, 0.25) is 0 Å². The van der Waals surface area contributed by atoms with Crippen LogP contribution in [0.3, 0.4) is 0 Å². The predicted molar refractivity (Wildman–Crippen MR) is 79.3 cm³/mol. The van der Waals surface area contributed by atoms with Gasteiger partial charge in [0.2, 0.25) is 0 Å². The molecule has 1 aliphatic heterocycles. The summed E-state index contributed by atoms with van der Waals surface area (Å²) in [4.78, 5) is 14.5. The van der Waals surface area contributed by atoms with Crippen molar-refractivity contribution in [1.29, 1.82) is 0 Å². The number of carbonyl (C=O) groups excluding carboxylic acids is 1. The zero-order valence-corrected chi connectivity index (χ0v) is 12.1. The van der Waals surface area contributed by atoms with Crippen LogP contribution < -0.4 is 0 Å². The summed E-state index contributed by atoms with van der Waals surface area (Å²) in [5.41, 5.74) is 1.44. The molecular formula is C17H21NO2. The number of aliphatic hydroxyl groups excluding tert-OH is 1. The maximum absolute atomic E-state index is 12.5. The van der Waals surface area contributed by atoms with E-state index in [9.17, 15) is 4.79 Å². The first-order valence-corrected chi connectivity index (χ1v) is 7.09. The van der Waals surface area contributed by atoms with Gasteiger partial charge >= 0.3 is 0 Å². The standard InChI is InChI=1S/C17H21NO2/c1-13-9-14(2)12-18(11-13)17(20)16-7-3-5-15(10-16)6-4-8-19/h3,5,7,10,13-14,19H,8-9,11-12H2,1-2H3. The summed E-state index contributed by atoms with van der Waals surface area (Å²) in [5, 5.41) is 8.72. The molecule has 1 fully saturated rings. The molecule has 0 radical (unpaired) electrons. The van der Waals surface area contributed by atoms with Crippen molar-refractivity contribution in [1.82, 2.24) is 4.90 Å². The first-order chi connectivity index (χ1) is 9.60. The smallest absolute Gasteiger partial charge is 0.253 e. The van der Waals surface area contributed by atoms with Crippen LogP contribution >= 0.6 is 0 Å². The van der Waals surface area contributed by atoms with E-state index in [1.54, 1.807) is 6.07 Å². The summed E-state index contributed by atoms with van der Waals surface area (Å²) >= 11 is 0. The van der Waals surface area contributed by atoms with Gasteiger partial charge in [-0.1, -0.05) is 31.8 Å². The van der Waals surface area contributed by atoms with Gasteiger partial charge < -0.3 is 10.0 Å². The number of rotatable bonds is 1. The van der Waals surface area contributed by atoms with Crippen molar-refractivity contribution < 1.29 is 9.90 Å². The second-order valence-electron chi connectivity index (χ2n) is 5.70. The largest absolute Gasteiger partial charge is 0.384 e. The number of carbonyl (C=O) groups is 1. The SMILES string of the molecule is CC1CC(C)CN(C(=O)c2cccc(C#CCO)c2)C1. The highest BCUT2D eigenvalue weighted by molar-refractivity contribution is 5.94. The normalized spacial score (nSPS) is 22.1. The topological polar surface area (TPSA) is 40.5 Å². The van der Waals surface area contributed by atoms with E-state index in [1.165, 1.54) is 6.42 Å². The molecule has 1 heterocycles. The van der Waals surface area contributed by atoms with Gasteiger partial charge in [-0.05, 0) is 36.5 Å². The van der Waals surface area contributed by atoms with Gasteiger partial charge in [0, 0.05) is 24.2 Å². The van der Waals surface area contributed by atoms with E-state index in [2.05, 4.69) is 25.7 Å². The van der Waals surface area contributed by atoms with Gasteiger partial charge in [-0.2, -0.15) is 0 Å². The number of amides is 1. The van der Waals surface area contributed by atoms with Crippen LogP contribution in [0, 0.1) is 23.7 Å². The Kier molecular flexibility index (Phi) is 4.81. The van der Waals surface area contributed by atoms with E-state index < -0.39 is 0 Å². The van der Waals surface area contributed by atoms with E-state index in [0.717, 1.165) is 18.7 Å². The third-order valence-electron chi connectivity index (χ3n) is 3.58. The summed E-state index contributed by atoms with van der Waals surface area (Å²) in [6, 6.07) is 7.32. The van der Waals surface area contributed by atoms with Crippen molar-refractivity contribution in [2.75, 3.05) is 19.7 Å². The number of nitrogens with zero attached hydrogens (tertiary/aromatic N) is 1. The van der Waals surface area contributed by atoms with E-state index in [1.807, 2.05) is 23.1 Å². The van der Waals surface area contributed by atoms with Crippen LogP contribution in [0.25, 0.3) is 0 Å². The average Bonchev–Trinajstić information content (AvgIpc) is 2.43. The Bertz CT molecular complexity index is 531. The van der Waals surface area contributed by atoms with Crippen LogP contribution in [0.15, 0.2) is 24.3 Å². The lowest BCUT2D eigenvalue weighted by atomic mass is 9.91. The second-order valence-corrected chi connectivity index (χ2v) is 5.70. The van der Waals surface area contributed by atoms with E-state index in [0.29, 0.717) is 17.4 Å². The third-order valence-corrected chi connectivity index (χ3v) is 3.58. The molecule has 0 bridgehead atoms. The summed E-state index contributed by atoms with van der Waals surface area (Å²) in [7, 11) is 0. The summed E-state index contributed by atoms with van der Waals surface area (Å²) in [6.07, 6.45) is 1.19. The van der Waals surface area contributed by atoms with E-state index >= 15 is 0 Å². The number of piperidine rings is 1. The summed E-state index contributed by atoms with van der Waals surface area (Å²) in [6.45, 7) is 5.88. The monoisotopic (exact) mass is 271 g/mol. The van der Waals surface area contributed by atoms with Gasteiger partial charge in [0.15, 0.2) is 0 Å². The number of hydrogen-bond acceptors (Lipinski definition) is 2. The first kappa shape index (κ1) is 14.6.